The highest BCUT2D eigenvalue weighted by Crippen LogP contribution is 2.42. The summed E-state index contributed by atoms with van der Waals surface area (Å²) in [7, 11) is 0. The monoisotopic (exact) mass is 506 g/mol. The highest BCUT2D eigenvalue weighted by molar-refractivity contribution is 5.24. The van der Waals surface area contributed by atoms with E-state index in [9.17, 15) is 35.7 Å². The molecule has 35 heavy (non-hydrogen) atoms. The molecule has 2 aliphatic heterocycles. The highest BCUT2D eigenvalue weighted by atomic mass is 16.7. The number of allylic oxidation sites excluding steroid dienone is 1. The van der Waals surface area contributed by atoms with Crippen molar-refractivity contribution in [1.82, 2.24) is 0 Å². The number of ether oxygens (including phenoxy) is 4. The maximum absolute atomic E-state index is 10.4. The molecule has 204 valence electrons. The lowest BCUT2D eigenvalue weighted by Crippen LogP contribution is -2.60. The van der Waals surface area contributed by atoms with Crippen LogP contribution in [0.15, 0.2) is 11.1 Å². The minimum atomic E-state index is -1.55. The fourth-order valence-corrected chi connectivity index (χ4v) is 5.32. The molecule has 1 aliphatic carbocycles. The summed E-state index contributed by atoms with van der Waals surface area (Å²) in [6.07, 6.45) is -10.3. The summed E-state index contributed by atoms with van der Waals surface area (Å²) in [6.45, 7) is 7.53. The third kappa shape index (κ3) is 6.79. The highest BCUT2D eigenvalue weighted by Gasteiger charge is 2.46. The van der Waals surface area contributed by atoms with E-state index in [2.05, 4.69) is 13.8 Å². The number of rotatable bonds is 8. The largest absolute Gasteiger partial charge is 0.393 e. The van der Waals surface area contributed by atoms with Crippen molar-refractivity contribution in [1.29, 1.82) is 0 Å². The molecule has 0 amide bonds. The molecule has 11 atom stereocenters. The van der Waals surface area contributed by atoms with E-state index in [1.165, 1.54) is 11.1 Å². The zero-order chi connectivity index (χ0) is 26.1. The Morgan fingerprint density at radius 1 is 0.943 bits per heavy atom. The Balaban J connectivity index is 1.55. The quantitative estimate of drug-likeness (QED) is 0.199. The summed E-state index contributed by atoms with van der Waals surface area (Å²) < 4.78 is 22.2. The second-order valence-corrected chi connectivity index (χ2v) is 10.8. The van der Waals surface area contributed by atoms with Crippen molar-refractivity contribution in [2.24, 2.45) is 5.41 Å². The average Bonchev–Trinajstić information content (AvgIpc) is 2.76. The molecule has 0 bridgehead atoms. The lowest BCUT2D eigenvalue weighted by molar-refractivity contribution is -0.326. The summed E-state index contributed by atoms with van der Waals surface area (Å²) in [4.78, 5) is 0. The van der Waals surface area contributed by atoms with E-state index in [-0.39, 0.29) is 30.8 Å². The van der Waals surface area contributed by atoms with Gasteiger partial charge in [0.25, 0.3) is 0 Å². The molecular formula is C24H42O11. The lowest BCUT2D eigenvalue weighted by Gasteiger charge is -2.42. The van der Waals surface area contributed by atoms with Gasteiger partial charge >= 0.3 is 0 Å². The van der Waals surface area contributed by atoms with Gasteiger partial charge in [-0.25, -0.2) is 0 Å². The fraction of sp³-hybridized carbons (Fsp3) is 0.917. The SMILES string of the molecule is CC1=C(CC[C@H](C)O[C@@H]2O[C@H](CO[C@@H]3OC[C@H](O)[C@H](O)[C@H]3O)[C@@H](O)[C@H](O)[C@H]2O)C(C)(C)C[C@H](O)C1. The lowest BCUT2D eigenvalue weighted by atomic mass is 9.70. The van der Waals surface area contributed by atoms with Gasteiger partial charge in [0.15, 0.2) is 12.6 Å². The molecule has 11 nitrogen and oxygen atoms in total. The van der Waals surface area contributed by atoms with Crippen LogP contribution >= 0.6 is 0 Å². The van der Waals surface area contributed by atoms with Crippen LogP contribution in [0.5, 0.6) is 0 Å². The van der Waals surface area contributed by atoms with E-state index in [1.807, 2.05) is 13.8 Å². The normalized spacial score (nSPS) is 43.3. The summed E-state index contributed by atoms with van der Waals surface area (Å²) in [5.74, 6) is 0. The van der Waals surface area contributed by atoms with Crippen molar-refractivity contribution >= 4 is 0 Å². The van der Waals surface area contributed by atoms with Gasteiger partial charge in [-0.05, 0) is 44.9 Å². The first-order valence-electron chi connectivity index (χ1n) is 12.3. The summed E-state index contributed by atoms with van der Waals surface area (Å²) in [5.41, 5.74) is 2.33. The fourth-order valence-electron chi connectivity index (χ4n) is 5.32. The second kappa shape index (κ2) is 11.8. The maximum atomic E-state index is 10.4. The van der Waals surface area contributed by atoms with Crippen LogP contribution in [-0.4, -0.2) is 116 Å². The molecule has 3 aliphatic rings. The molecule has 0 unspecified atom stereocenters. The molecule has 2 fully saturated rings. The molecule has 3 rings (SSSR count). The van der Waals surface area contributed by atoms with E-state index in [0.717, 1.165) is 6.42 Å². The van der Waals surface area contributed by atoms with Crippen LogP contribution in [0, 0.1) is 5.41 Å². The molecule has 0 radical (unpaired) electrons. The molecule has 7 N–H and O–H groups in total. The average molecular weight is 507 g/mol. The van der Waals surface area contributed by atoms with Gasteiger partial charge in [-0.1, -0.05) is 25.0 Å². The summed E-state index contributed by atoms with van der Waals surface area (Å²) >= 11 is 0. The first-order chi connectivity index (χ1) is 16.3. The van der Waals surface area contributed by atoms with Crippen LogP contribution in [0.3, 0.4) is 0 Å². The Bertz CT molecular complexity index is 728. The first kappa shape index (κ1) is 28.9. The smallest absolute Gasteiger partial charge is 0.186 e. The Labute approximate surface area is 205 Å². The molecule has 0 aromatic carbocycles. The molecular weight excluding hydrogens is 464 g/mol. The number of aliphatic hydroxyl groups excluding tert-OH is 7. The van der Waals surface area contributed by atoms with E-state index in [4.69, 9.17) is 18.9 Å². The van der Waals surface area contributed by atoms with Gasteiger partial charge in [-0.15, -0.1) is 0 Å². The second-order valence-electron chi connectivity index (χ2n) is 10.8. The zero-order valence-corrected chi connectivity index (χ0v) is 20.9. The van der Waals surface area contributed by atoms with Crippen molar-refractivity contribution in [3.8, 4) is 0 Å². The van der Waals surface area contributed by atoms with Crippen LogP contribution in [0.1, 0.15) is 53.4 Å². The van der Waals surface area contributed by atoms with Crippen LogP contribution in [-0.2, 0) is 18.9 Å². The number of hydrogen-bond donors (Lipinski definition) is 7. The molecule has 0 aromatic heterocycles. The van der Waals surface area contributed by atoms with Crippen molar-refractivity contribution in [3.63, 3.8) is 0 Å². The van der Waals surface area contributed by atoms with Crippen molar-refractivity contribution in [2.75, 3.05) is 13.2 Å². The molecule has 11 heteroatoms. The number of hydrogen-bond acceptors (Lipinski definition) is 11. The van der Waals surface area contributed by atoms with Gasteiger partial charge < -0.3 is 54.7 Å². The molecule has 2 heterocycles. The minimum Gasteiger partial charge on any atom is -0.393 e. The standard InChI is InChI=1S/C24H42O11/c1-11-7-13(25)8-24(3,4)14(11)6-5-12(2)34-23-21(31)19(29)18(28)16(35-23)10-33-22-20(30)17(27)15(26)9-32-22/h12-13,15-23,25-31H,5-10H2,1-4H3/t12-,13+,15-,16+,17-,18+,19-,20+,21+,22-,23+/m0/s1. The Hall–Kier alpha value is -0.700. The van der Waals surface area contributed by atoms with Gasteiger partial charge in [0, 0.05) is 0 Å². The predicted molar refractivity (Wildman–Crippen MR) is 122 cm³/mol. The Morgan fingerprint density at radius 2 is 1.60 bits per heavy atom. The topological polar surface area (TPSA) is 179 Å². The van der Waals surface area contributed by atoms with E-state index >= 15 is 0 Å². The predicted octanol–water partition coefficient (Wildman–Crippen LogP) is -1.07. The minimum absolute atomic E-state index is 0.125. The van der Waals surface area contributed by atoms with Crippen LogP contribution in [0.4, 0.5) is 0 Å². The third-order valence-electron chi connectivity index (χ3n) is 7.33. The Morgan fingerprint density at radius 3 is 2.26 bits per heavy atom. The maximum Gasteiger partial charge on any atom is 0.186 e. The van der Waals surface area contributed by atoms with Crippen LogP contribution < -0.4 is 0 Å². The van der Waals surface area contributed by atoms with E-state index in [1.54, 1.807) is 0 Å². The van der Waals surface area contributed by atoms with Crippen LogP contribution in [0.25, 0.3) is 0 Å². The van der Waals surface area contributed by atoms with Crippen LogP contribution in [0.2, 0.25) is 0 Å². The number of aliphatic hydroxyl groups is 7. The van der Waals surface area contributed by atoms with Gasteiger partial charge in [0.1, 0.15) is 42.7 Å². The molecule has 0 spiro atoms. The summed E-state index contributed by atoms with van der Waals surface area (Å²) in [6, 6.07) is 0. The Kier molecular flexibility index (Phi) is 9.72. The van der Waals surface area contributed by atoms with Crippen molar-refractivity contribution < 1.29 is 54.7 Å². The van der Waals surface area contributed by atoms with Gasteiger partial charge in [-0.2, -0.15) is 0 Å². The van der Waals surface area contributed by atoms with E-state index in [0.29, 0.717) is 19.3 Å². The van der Waals surface area contributed by atoms with Gasteiger partial charge in [-0.3, -0.25) is 0 Å². The summed E-state index contributed by atoms with van der Waals surface area (Å²) in [5, 5.41) is 70.5. The zero-order valence-electron chi connectivity index (χ0n) is 20.9. The van der Waals surface area contributed by atoms with E-state index < -0.39 is 55.3 Å². The molecule has 2 saturated heterocycles. The molecule has 0 saturated carbocycles. The van der Waals surface area contributed by atoms with Gasteiger partial charge in [0.2, 0.25) is 0 Å². The third-order valence-corrected chi connectivity index (χ3v) is 7.33. The van der Waals surface area contributed by atoms with Crippen molar-refractivity contribution in [3.05, 3.63) is 11.1 Å². The van der Waals surface area contributed by atoms with Crippen molar-refractivity contribution in [2.45, 2.75) is 121 Å². The first-order valence-corrected chi connectivity index (χ1v) is 12.3. The van der Waals surface area contributed by atoms with Gasteiger partial charge in [0.05, 0.1) is 25.4 Å². The molecule has 0 aromatic rings.